The summed E-state index contributed by atoms with van der Waals surface area (Å²) in [6.07, 6.45) is 1.80. The Balaban J connectivity index is 2.01. The van der Waals surface area contributed by atoms with Crippen molar-refractivity contribution >= 4 is 40.0 Å². The number of nitrogens with zero attached hydrogens (tertiary/aromatic N) is 4. The van der Waals surface area contributed by atoms with Crippen molar-refractivity contribution in [1.82, 2.24) is 25.9 Å². The molecule has 2 N–H and O–H groups in total. The molecule has 1 aliphatic heterocycles. The van der Waals surface area contributed by atoms with Gasteiger partial charge in [0.1, 0.15) is 3.70 Å². The molecule has 20 heavy (non-hydrogen) atoms. The van der Waals surface area contributed by atoms with E-state index in [4.69, 9.17) is 11.6 Å². The van der Waals surface area contributed by atoms with Gasteiger partial charge in [0, 0.05) is 11.6 Å². The normalized spacial score (nSPS) is 14.3. The number of halogens is 2. The van der Waals surface area contributed by atoms with Crippen LogP contribution in [0.25, 0.3) is 5.69 Å². The van der Waals surface area contributed by atoms with E-state index in [9.17, 15) is 0 Å². The number of nitrogens with one attached hydrogen (secondary N) is 2. The Bertz CT molecular complexity index is 668. The molecule has 1 aromatic carbocycles. The Morgan fingerprint density at radius 1 is 1.40 bits per heavy atom. The quantitative estimate of drug-likeness (QED) is 0.773. The second-order valence-electron chi connectivity index (χ2n) is 4.14. The Morgan fingerprint density at radius 3 is 3.00 bits per heavy atom. The van der Waals surface area contributed by atoms with Gasteiger partial charge in [-0.3, -0.25) is 5.01 Å². The fourth-order valence-corrected chi connectivity index (χ4v) is 2.93. The molecule has 0 amide bonds. The summed E-state index contributed by atoms with van der Waals surface area (Å²) in [5.74, 6) is 0.824. The molecule has 0 unspecified atom stereocenters. The van der Waals surface area contributed by atoms with E-state index in [0.717, 1.165) is 27.3 Å². The number of benzene rings is 1. The SMILES string of the molecule is CCN1NNN=C1c1cnn(-c2cccc(Cl)c2)c1I. The van der Waals surface area contributed by atoms with Crippen LogP contribution in [0.15, 0.2) is 35.6 Å². The average molecular weight is 403 g/mol. The van der Waals surface area contributed by atoms with Gasteiger partial charge in [-0.15, -0.1) is 10.6 Å². The number of amidine groups is 1. The maximum Gasteiger partial charge on any atom is 0.177 e. The summed E-state index contributed by atoms with van der Waals surface area (Å²) in [6.45, 7) is 2.84. The number of hydrogen-bond acceptors (Lipinski definition) is 5. The Hall–Kier alpha value is -1.32. The molecule has 0 aliphatic carbocycles. The van der Waals surface area contributed by atoms with E-state index >= 15 is 0 Å². The lowest BCUT2D eigenvalue weighted by molar-refractivity contribution is 0.308. The minimum atomic E-state index is 0.687. The van der Waals surface area contributed by atoms with Gasteiger partial charge in [0.15, 0.2) is 5.84 Å². The van der Waals surface area contributed by atoms with Crippen molar-refractivity contribution < 1.29 is 0 Å². The molecule has 104 valence electrons. The minimum absolute atomic E-state index is 0.687. The molecule has 2 aromatic rings. The van der Waals surface area contributed by atoms with E-state index < -0.39 is 0 Å². The standard InChI is InChI=1S/C12H12ClIN6/c1-2-19-12(16-17-18-19)10-7-15-20(11(10)14)9-5-3-4-8(13)6-9/h3-7,17-18H,2H2,1H3. The summed E-state index contributed by atoms with van der Waals surface area (Å²) in [7, 11) is 0. The van der Waals surface area contributed by atoms with Crippen LogP contribution < -0.4 is 11.1 Å². The Kier molecular flexibility index (Phi) is 3.81. The van der Waals surface area contributed by atoms with Crippen molar-refractivity contribution in [3.8, 4) is 5.69 Å². The summed E-state index contributed by atoms with van der Waals surface area (Å²) in [4.78, 5) is 0. The largest absolute Gasteiger partial charge is 0.271 e. The van der Waals surface area contributed by atoms with Gasteiger partial charge >= 0.3 is 0 Å². The lowest BCUT2D eigenvalue weighted by Gasteiger charge is -2.15. The molecule has 0 saturated carbocycles. The molecule has 0 saturated heterocycles. The van der Waals surface area contributed by atoms with Gasteiger partial charge in [0.2, 0.25) is 0 Å². The van der Waals surface area contributed by atoms with Gasteiger partial charge in [-0.25, -0.2) is 10.2 Å². The maximum atomic E-state index is 6.03. The van der Waals surface area contributed by atoms with Crippen LogP contribution in [0.2, 0.25) is 5.02 Å². The lowest BCUT2D eigenvalue weighted by Crippen LogP contribution is -2.41. The van der Waals surface area contributed by atoms with Crippen molar-refractivity contribution in [2.45, 2.75) is 6.92 Å². The number of hydrazone groups is 1. The molecule has 0 bridgehead atoms. The monoisotopic (exact) mass is 402 g/mol. The third-order valence-electron chi connectivity index (χ3n) is 2.92. The first-order valence-electron chi connectivity index (χ1n) is 6.06. The topological polar surface area (TPSA) is 57.5 Å². The van der Waals surface area contributed by atoms with Gasteiger partial charge < -0.3 is 0 Å². The summed E-state index contributed by atoms with van der Waals surface area (Å²) in [5.41, 5.74) is 7.61. The highest BCUT2D eigenvalue weighted by Gasteiger charge is 2.22. The van der Waals surface area contributed by atoms with Crippen LogP contribution in [0.3, 0.4) is 0 Å². The first-order valence-corrected chi connectivity index (χ1v) is 7.52. The van der Waals surface area contributed by atoms with Gasteiger partial charge in [0.05, 0.1) is 17.4 Å². The van der Waals surface area contributed by atoms with Gasteiger partial charge in [0.25, 0.3) is 0 Å². The molecule has 0 spiro atoms. The van der Waals surface area contributed by atoms with Crippen molar-refractivity contribution in [2.75, 3.05) is 6.54 Å². The van der Waals surface area contributed by atoms with E-state index in [1.807, 2.05) is 40.9 Å². The maximum absolute atomic E-state index is 6.03. The van der Waals surface area contributed by atoms with Crippen molar-refractivity contribution in [3.05, 3.63) is 44.7 Å². The molecule has 0 atom stereocenters. The zero-order chi connectivity index (χ0) is 14.1. The number of rotatable bonds is 3. The van der Waals surface area contributed by atoms with Crippen LogP contribution in [0.1, 0.15) is 12.5 Å². The molecule has 8 heteroatoms. The van der Waals surface area contributed by atoms with Gasteiger partial charge in [-0.1, -0.05) is 17.7 Å². The predicted molar refractivity (Wildman–Crippen MR) is 86.5 cm³/mol. The molecule has 6 nitrogen and oxygen atoms in total. The lowest BCUT2D eigenvalue weighted by atomic mass is 10.3. The zero-order valence-electron chi connectivity index (χ0n) is 10.6. The van der Waals surface area contributed by atoms with Crippen LogP contribution in [0.5, 0.6) is 0 Å². The van der Waals surface area contributed by atoms with E-state index in [-0.39, 0.29) is 0 Å². The second-order valence-corrected chi connectivity index (χ2v) is 5.60. The molecule has 3 rings (SSSR count). The fourth-order valence-electron chi connectivity index (χ4n) is 1.96. The Labute approximate surface area is 134 Å². The van der Waals surface area contributed by atoms with Crippen LogP contribution in [-0.2, 0) is 0 Å². The smallest absolute Gasteiger partial charge is 0.177 e. The van der Waals surface area contributed by atoms with Crippen LogP contribution >= 0.6 is 34.2 Å². The molecular formula is C12H12ClIN6. The molecule has 0 radical (unpaired) electrons. The molecule has 0 fully saturated rings. The number of hydrogen-bond donors (Lipinski definition) is 2. The Morgan fingerprint density at radius 2 is 2.25 bits per heavy atom. The van der Waals surface area contributed by atoms with Crippen molar-refractivity contribution in [3.63, 3.8) is 0 Å². The second kappa shape index (κ2) is 5.58. The summed E-state index contributed by atoms with van der Waals surface area (Å²) < 4.78 is 2.82. The predicted octanol–water partition coefficient (Wildman–Crippen LogP) is 2.14. The molecule has 2 heterocycles. The third kappa shape index (κ3) is 2.36. The minimum Gasteiger partial charge on any atom is -0.271 e. The average Bonchev–Trinajstić information content (AvgIpc) is 3.04. The molecular weight excluding hydrogens is 391 g/mol. The summed E-state index contributed by atoms with van der Waals surface area (Å²) in [5, 5.41) is 11.3. The van der Waals surface area contributed by atoms with E-state index in [0.29, 0.717) is 5.02 Å². The van der Waals surface area contributed by atoms with Gasteiger partial charge in [-0.2, -0.15) is 5.10 Å². The molecule has 1 aliphatic rings. The highest BCUT2D eigenvalue weighted by Crippen LogP contribution is 2.21. The highest BCUT2D eigenvalue weighted by molar-refractivity contribution is 14.1. The number of aromatic nitrogens is 2. The van der Waals surface area contributed by atoms with E-state index in [2.05, 4.69) is 43.9 Å². The summed E-state index contributed by atoms with van der Waals surface area (Å²) >= 11 is 8.29. The van der Waals surface area contributed by atoms with E-state index in [1.165, 1.54) is 0 Å². The highest BCUT2D eigenvalue weighted by atomic mass is 127. The van der Waals surface area contributed by atoms with Crippen LogP contribution in [0, 0.1) is 3.70 Å². The first kappa shape index (κ1) is 13.7. The zero-order valence-corrected chi connectivity index (χ0v) is 13.6. The summed E-state index contributed by atoms with van der Waals surface area (Å²) in [6, 6.07) is 7.60. The fraction of sp³-hybridized carbons (Fsp3) is 0.167. The van der Waals surface area contributed by atoms with Crippen LogP contribution in [0.4, 0.5) is 0 Å². The third-order valence-corrected chi connectivity index (χ3v) is 4.20. The van der Waals surface area contributed by atoms with Gasteiger partial charge in [-0.05, 0) is 47.7 Å². The first-order chi connectivity index (χ1) is 9.70. The van der Waals surface area contributed by atoms with E-state index in [1.54, 1.807) is 6.20 Å². The van der Waals surface area contributed by atoms with Crippen LogP contribution in [-0.4, -0.2) is 27.2 Å². The van der Waals surface area contributed by atoms with Crippen molar-refractivity contribution in [2.24, 2.45) is 5.10 Å². The van der Waals surface area contributed by atoms with Crippen molar-refractivity contribution in [1.29, 1.82) is 0 Å². The number of hydrazine groups is 2. The molecule has 1 aromatic heterocycles.